The van der Waals surface area contributed by atoms with Gasteiger partial charge < -0.3 is 14.2 Å². The maximum atomic E-state index is 14.8. The van der Waals surface area contributed by atoms with Gasteiger partial charge >= 0.3 is 17.9 Å². The predicted octanol–water partition coefficient (Wildman–Crippen LogP) is 3.36. The summed E-state index contributed by atoms with van der Waals surface area (Å²) in [5.74, 6) is -3.69. The van der Waals surface area contributed by atoms with Crippen LogP contribution in [-0.2, 0) is 36.7 Å². The molecule has 0 saturated carbocycles. The number of fused-ring (bicyclic) bond motifs is 1. The highest BCUT2D eigenvalue weighted by molar-refractivity contribution is 6.33. The van der Waals surface area contributed by atoms with Gasteiger partial charge in [0.15, 0.2) is 17.5 Å². The van der Waals surface area contributed by atoms with Gasteiger partial charge in [-0.2, -0.15) is 15.2 Å². The van der Waals surface area contributed by atoms with Gasteiger partial charge in [-0.3, -0.25) is 13.9 Å². The first-order valence-corrected chi connectivity index (χ1v) is 13.6. The smallest absolute Gasteiger partial charge is 0.431 e. The molecule has 2 aromatic carbocycles. The lowest BCUT2D eigenvalue weighted by Gasteiger charge is -2.16. The standard InChI is InChI=1S/C27H25ClF3N9O5/c1-14(2)45-27(42)44-13-43-25-34-24(33-22-6-16-9-37(3)35-21(16)7-17(22)28)39(10-15-5-19(30)20(31)8-18(15)29)26(41)40(25)11-23-32-12-38(4)36-23/h5-9,12,14H,10-11,13H2,1-4H3/b33-24+. The first kappa shape index (κ1) is 31.2. The molecule has 3 aromatic heterocycles. The third-order valence-electron chi connectivity index (χ3n) is 6.10. The second-order valence-corrected chi connectivity index (χ2v) is 10.3. The maximum Gasteiger partial charge on any atom is 0.511 e. The summed E-state index contributed by atoms with van der Waals surface area (Å²) < 4.78 is 62.9. The van der Waals surface area contributed by atoms with Crippen LogP contribution in [0.3, 0.4) is 0 Å². The average Bonchev–Trinajstić information content (AvgIpc) is 3.53. The quantitative estimate of drug-likeness (QED) is 0.134. The zero-order valence-electron chi connectivity index (χ0n) is 24.2. The fraction of sp³-hybridized carbons (Fsp3) is 0.296. The molecule has 0 aliphatic heterocycles. The first-order chi connectivity index (χ1) is 21.4. The van der Waals surface area contributed by atoms with Gasteiger partial charge in [-0.25, -0.2) is 37.3 Å². The van der Waals surface area contributed by atoms with Crippen LogP contribution in [0.15, 0.2) is 46.6 Å². The third kappa shape index (κ3) is 7.14. The number of carbonyl (C=O) groups excluding carboxylic acids is 1. The SMILES string of the molecule is CC(C)OC(=O)OCOc1n/c(=N\c2cc3cn(C)nc3cc2Cl)n(Cc2cc(F)c(F)cc2F)c(=O)n1Cc1ncn(C)n1. The minimum atomic E-state index is -1.40. The summed E-state index contributed by atoms with van der Waals surface area (Å²) in [6.07, 6.45) is 1.60. The Kier molecular flexibility index (Phi) is 8.89. The number of benzene rings is 2. The summed E-state index contributed by atoms with van der Waals surface area (Å²) in [5.41, 5.74) is -0.911. The molecule has 3 heterocycles. The Hall–Kier alpha value is -5.19. The van der Waals surface area contributed by atoms with Crippen molar-refractivity contribution in [3.8, 4) is 6.01 Å². The molecule has 5 rings (SSSR count). The van der Waals surface area contributed by atoms with Crippen molar-refractivity contribution in [2.45, 2.75) is 33.0 Å². The van der Waals surface area contributed by atoms with E-state index in [1.165, 1.54) is 11.0 Å². The lowest BCUT2D eigenvalue weighted by molar-refractivity contribution is -0.0127. The molecule has 0 unspecified atom stereocenters. The number of ether oxygens (including phenoxy) is 3. The average molecular weight is 648 g/mol. The molecule has 0 bridgehead atoms. The van der Waals surface area contributed by atoms with Gasteiger partial charge in [-0.1, -0.05) is 11.6 Å². The molecule has 18 heteroatoms. The molecule has 0 fully saturated rings. The lowest BCUT2D eigenvalue weighted by atomic mass is 10.2. The number of hydrogen-bond donors (Lipinski definition) is 0. The summed E-state index contributed by atoms with van der Waals surface area (Å²) in [4.78, 5) is 38.9. The topological polar surface area (TPSA) is 145 Å². The zero-order chi connectivity index (χ0) is 32.4. The molecule has 0 radical (unpaired) electrons. The minimum absolute atomic E-state index is 0.137. The van der Waals surface area contributed by atoms with Crippen LogP contribution >= 0.6 is 11.6 Å². The molecule has 0 N–H and O–H groups in total. The highest BCUT2D eigenvalue weighted by Gasteiger charge is 2.20. The van der Waals surface area contributed by atoms with Crippen molar-refractivity contribution >= 4 is 34.3 Å². The van der Waals surface area contributed by atoms with Crippen molar-refractivity contribution < 1.29 is 32.2 Å². The number of aromatic nitrogens is 8. The second kappa shape index (κ2) is 12.8. The summed E-state index contributed by atoms with van der Waals surface area (Å²) in [5, 5.41) is 9.24. The van der Waals surface area contributed by atoms with Gasteiger partial charge in [0.2, 0.25) is 12.4 Å². The number of carbonyl (C=O) groups is 1. The monoisotopic (exact) mass is 647 g/mol. The fourth-order valence-electron chi connectivity index (χ4n) is 4.15. The summed E-state index contributed by atoms with van der Waals surface area (Å²) in [6, 6.07) is 3.73. The van der Waals surface area contributed by atoms with E-state index in [-0.39, 0.29) is 34.3 Å². The van der Waals surface area contributed by atoms with Crippen molar-refractivity contribution in [1.82, 2.24) is 38.7 Å². The molecule has 0 spiro atoms. The van der Waals surface area contributed by atoms with Gasteiger partial charge in [0.05, 0.1) is 35.4 Å². The van der Waals surface area contributed by atoms with E-state index < -0.39 is 54.7 Å². The Morgan fingerprint density at radius 1 is 1.00 bits per heavy atom. The molecule has 45 heavy (non-hydrogen) atoms. The Balaban J connectivity index is 1.69. The summed E-state index contributed by atoms with van der Waals surface area (Å²) >= 11 is 6.48. The van der Waals surface area contributed by atoms with Crippen molar-refractivity contribution in [2.24, 2.45) is 19.1 Å². The van der Waals surface area contributed by atoms with E-state index >= 15 is 0 Å². The molecule has 236 valence electrons. The van der Waals surface area contributed by atoms with Gasteiger partial charge in [-0.05, 0) is 32.0 Å². The molecule has 5 aromatic rings. The van der Waals surface area contributed by atoms with Crippen molar-refractivity contribution in [2.75, 3.05) is 6.79 Å². The van der Waals surface area contributed by atoms with E-state index in [0.29, 0.717) is 23.0 Å². The van der Waals surface area contributed by atoms with E-state index in [1.54, 1.807) is 51.0 Å². The van der Waals surface area contributed by atoms with Crippen LogP contribution in [0, 0.1) is 17.5 Å². The summed E-state index contributed by atoms with van der Waals surface area (Å²) in [7, 11) is 3.33. The van der Waals surface area contributed by atoms with Gasteiger partial charge in [0.25, 0.3) is 0 Å². The Labute approximate surface area is 256 Å². The van der Waals surface area contributed by atoms with Crippen LogP contribution in [-0.4, -0.2) is 57.7 Å². The van der Waals surface area contributed by atoms with Gasteiger partial charge in [-0.15, -0.1) is 0 Å². The number of nitrogens with zero attached hydrogens (tertiary/aromatic N) is 9. The van der Waals surface area contributed by atoms with Crippen molar-refractivity contribution in [3.63, 3.8) is 0 Å². The highest BCUT2D eigenvalue weighted by atomic mass is 35.5. The number of rotatable bonds is 9. The van der Waals surface area contributed by atoms with Crippen LogP contribution < -0.4 is 16.0 Å². The molecule has 0 aliphatic rings. The first-order valence-electron chi connectivity index (χ1n) is 13.2. The fourth-order valence-corrected chi connectivity index (χ4v) is 4.35. The van der Waals surface area contributed by atoms with Crippen LogP contribution in [0.2, 0.25) is 5.02 Å². The van der Waals surface area contributed by atoms with Crippen molar-refractivity contribution in [3.05, 3.63) is 86.8 Å². The van der Waals surface area contributed by atoms with E-state index in [1.807, 2.05) is 0 Å². The Bertz CT molecular complexity index is 2040. The normalized spacial score (nSPS) is 11.9. The zero-order valence-corrected chi connectivity index (χ0v) is 25.0. The Morgan fingerprint density at radius 2 is 1.76 bits per heavy atom. The molecular formula is C27H25ClF3N9O5. The van der Waals surface area contributed by atoms with Crippen LogP contribution in [0.4, 0.5) is 23.7 Å². The van der Waals surface area contributed by atoms with Crippen LogP contribution in [0.5, 0.6) is 6.01 Å². The predicted molar refractivity (Wildman–Crippen MR) is 151 cm³/mol. The van der Waals surface area contributed by atoms with E-state index in [0.717, 1.165) is 9.13 Å². The highest BCUT2D eigenvalue weighted by Crippen LogP contribution is 2.29. The molecule has 0 atom stereocenters. The van der Waals surface area contributed by atoms with E-state index in [9.17, 15) is 22.8 Å². The van der Waals surface area contributed by atoms with Gasteiger partial charge in [0, 0.05) is 37.3 Å². The van der Waals surface area contributed by atoms with Crippen molar-refractivity contribution in [1.29, 1.82) is 0 Å². The van der Waals surface area contributed by atoms with Gasteiger partial charge in [0.1, 0.15) is 12.1 Å². The van der Waals surface area contributed by atoms with E-state index in [4.69, 9.17) is 25.8 Å². The molecule has 0 amide bonds. The third-order valence-corrected chi connectivity index (χ3v) is 6.40. The molecule has 0 saturated heterocycles. The number of halogens is 4. The maximum absolute atomic E-state index is 14.8. The molecule has 0 aliphatic carbocycles. The minimum Gasteiger partial charge on any atom is -0.431 e. The summed E-state index contributed by atoms with van der Waals surface area (Å²) in [6.45, 7) is 1.58. The largest absolute Gasteiger partial charge is 0.511 e. The number of aryl methyl sites for hydroxylation is 2. The number of hydrogen-bond acceptors (Lipinski definition) is 10. The second-order valence-electron chi connectivity index (χ2n) is 9.94. The van der Waals surface area contributed by atoms with Crippen LogP contribution in [0.25, 0.3) is 10.9 Å². The van der Waals surface area contributed by atoms with Crippen LogP contribution in [0.1, 0.15) is 25.2 Å². The van der Waals surface area contributed by atoms with E-state index in [2.05, 4.69) is 25.2 Å². The molecule has 14 nitrogen and oxygen atoms in total. The lowest BCUT2D eigenvalue weighted by Crippen LogP contribution is -2.43. The Morgan fingerprint density at radius 3 is 2.47 bits per heavy atom. The molecular weight excluding hydrogens is 623 g/mol.